The number of benzene rings is 1. The van der Waals surface area contributed by atoms with Crippen molar-refractivity contribution in [1.82, 2.24) is 9.97 Å². The highest BCUT2D eigenvalue weighted by atomic mass is 32.1. The summed E-state index contributed by atoms with van der Waals surface area (Å²) in [6.07, 6.45) is 9.14. The third-order valence-corrected chi connectivity index (χ3v) is 5.92. The zero-order valence-electron chi connectivity index (χ0n) is 14.5. The number of hydrogen-bond acceptors (Lipinski definition) is 5. The summed E-state index contributed by atoms with van der Waals surface area (Å²) in [5.74, 6) is 1.03. The van der Waals surface area contributed by atoms with Gasteiger partial charge in [-0.05, 0) is 55.0 Å². The number of aromatic hydroxyl groups is 1. The van der Waals surface area contributed by atoms with E-state index in [1.807, 2.05) is 12.1 Å². The molecule has 0 saturated heterocycles. The van der Waals surface area contributed by atoms with Gasteiger partial charge in [-0.1, -0.05) is 18.6 Å². The van der Waals surface area contributed by atoms with Gasteiger partial charge in [0.15, 0.2) is 11.5 Å². The molecule has 0 spiro atoms. The zero-order chi connectivity index (χ0) is 18.1. The molecule has 0 fully saturated rings. The average molecular weight is 368 g/mol. The van der Waals surface area contributed by atoms with Crippen LogP contribution in [0, 0.1) is 0 Å². The van der Waals surface area contributed by atoms with Gasteiger partial charge in [0.05, 0.1) is 12.5 Å². The van der Waals surface area contributed by atoms with Crippen molar-refractivity contribution in [1.29, 1.82) is 0 Å². The molecule has 0 atom stereocenters. The number of aromatic nitrogens is 2. The summed E-state index contributed by atoms with van der Waals surface area (Å²) in [6.45, 7) is 0. The lowest BCUT2D eigenvalue weighted by Gasteiger charge is -2.03. The van der Waals surface area contributed by atoms with Crippen LogP contribution in [0.15, 0.2) is 23.0 Å². The Morgan fingerprint density at radius 1 is 1.23 bits per heavy atom. The molecule has 0 aliphatic heterocycles. The molecule has 1 aliphatic carbocycles. The normalized spacial score (nSPS) is 14.5. The Kier molecular flexibility index (Phi) is 4.51. The van der Waals surface area contributed by atoms with Gasteiger partial charge in [-0.3, -0.25) is 4.79 Å². The highest BCUT2D eigenvalue weighted by molar-refractivity contribution is 7.18. The fraction of sp³-hybridized carbons (Fsp3) is 0.300. The predicted molar refractivity (Wildman–Crippen MR) is 105 cm³/mol. The molecule has 6 heteroatoms. The molecule has 2 aromatic heterocycles. The van der Waals surface area contributed by atoms with Crippen molar-refractivity contribution in [2.75, 3.05) is 7.11 Å². The molecule has 1 aliphatic rings. The molecule has 0 bridgehead atoms. The summed E-state index contributed by atoms with van der Waals surface area (Å²) in [6, 6.07) is 5.14. The Hall–Kier alpha value is -2.60. The number of thiophene rings is 1. The number of phenols is 1. The Morgan fingerprint density at radius 3 is 2.88 bits per heavy atom. The Morgan fingerprint density at radius 2 is 2.08 bits per heavy atom. The summed E-state index contributed by atoms with van der Waals surface area (Å²) in [4.78, 5) is 22.3. The summed E-state index contributed by atoms with van der Waals surface area (Å²) in [7, 11) is 1.51. The first kappa shape index (κ1) is 16.8. The maximum absolute atomic E-state index is 12.6. The molecule has 0 saturated carbocycles. The number of ether oxygens (including phenoxy) is 1. The van der Waals surface area contributed by atoms with Gasteiger partial charge in [-0.2, -0.15) is 0 Å². The van der Waals surface area contributed by atoms with Crippen LogP contribution in [0.4, 0.5) is 0 Å². The number of rotatable bonds is 3. The lowest BCUT2D eigenvalue weighted by molar-refractivity contribution is 0.373. The van der Waals surface area contributed by atoms with Crippen molar-refractivity contribution in [3.8, 4) is 11.5 Å². The molecule has 5 nitrogen and oxygen atoms in total. The maximum atomic E-state index is 12.6. The Labute approximate surface area is 155 Å². The average Bonchev–Trinajstić information content (AvgIpc) is 2.82. The van der Waals surface area contributed by atoms with Crippen LogP contribution in [-0.4, -0.2) is 22.2 Å². The van der Waals surface area contributed by atoms with E-state index in [0.717, 1.165) is 35.0 Å². The molecule has 3 aromatic rings. The summed E-state index contributed by atoms with van der Waals surface area (Å²) in [5, 5.41) is 10.6. The van der Waals surface area contributed by atoms with E-state index in [1.165, 1.54) is 30.4 Å². The fourth-order valence-corrected chi connectivity index (χ4v) is 4.69. The molecule has 0 amide bonds. The van der Waals surface area contributed by atoms with Crippen LogP contribution >= 0.6 is 11.3 Å². The van der Waals surface area contributed by atoms with Gasteiger partial charge in [0.25, 0.3) is 5.56 Å². The van der Waals surface area contributed by atoms with Crippen molar-refractivity contribution in [3.63, 3.8) is 0 Å². The molecule has 134 valence electrons. The number of aryl methyl sites for hydroxylation is 2. The van der Waals surface area contributed by atoms with E-state index in [4.69, 9.17) is 4.74 Å². The topological polar surface area (TPSA) is 75.2 Å². The monoisotopic (exact) mass is 368 g/mol. The highest BCUT2D eigenvalue weighted by Crippen LogP contribution is 2.33. The van der Waals surface area contributed by atoms with E-state index in [-0.39, 0.29) is 11.3 Å². The predicted octanol–water partition coefficient (Wildman–Crippen LogP) is 4.14. The van der Waals surface area contributed by atoms with Crippen LogP contribution in [0.1, 0.15) is 41.1 Å². The number of hydrogen-bond donors (Lipinski definition) is 2. The summed E-state index contributed by atoms with van der Waals surface area (Å²) in [5.41, 5.74) is 1.94. The van der Waals surface area contributed by atoms with E-state index < -0.39 is 0 Å². The van der Waals surface area contributed by atoms with Crippen LogP contribution in [0.5, 0.6) is 11.5 Å². The van der Waals surface area contributed by atoms with Gasteiger partial charge in [0.2, 0.25) is 0 Å². The smallest absolute Gasteiger partial charge is 0.260 e. The standard InChI is InChI=1S/C20H20N2O3S/c1-25-15-9-7-12(11-14(15)23)8-10-17-21-19(24)18-13-5-3-2-4-6-16(13)26-20(18)22-17/h7-11,23H,2-6H2,1H3,(H,21,22,24)/b10-8+. The minimum absolute atomic E-state index is 0.0633. The molecule has 0 unspecified atom stereocenters. The van der Waals surface area contributed by atoms with E-state index in [2.05, 4.69) is 9.97 Å². The second-order valence-electron chi connectivity index (χ2n) is 6.46. The number of phenolic OH excluding ortho intramolecular Hbond substituents is 1. The van der Waals surface area contributed by atoms with Gasteiger partial charge >= 0.3 is 0 Å². The van der Waals surface area contributed by atoms with Crippen LogP contribution in [0.3, 0.4) is 0 Å². The van der Waals surface area contributed by atoms with Gasteiger partial charge in [0.1, 0.15) is 10.7 Å². The second kappa shape index (κ2) is 6.96. The molecule has 0 radical (unpaired) electrons. The minimum Gasteiger partial charge on any atom is -0.504 e. The number of fused-ring (bicyclic) bond motifs is 3. The SMILES string of the molecule is COc1ccc(/C=C/c2nc3sc4c(c3c(=O)[nH]2)CCCCC4)cc1O. The summed E-state index contributed by atoms with van der Waals surface area (Å²) < 4.78 is 5.04. The molecular weight excluding hydrogens is 348 g/mol. The Bertz CT molecular complexity index is 1050. The van der Waals surface area contributed by atoms with Crippen LogP contribution in [0.2, 0.25) is 0 Å². The second-order valence-corrected chi connectivity index (χ2v) is 7.54. The lowest BCUT2D eigenvalue weighted by atomic mass is 10.1. The van der Waals surface area contributed by atoms with Gasteiger partial charge in [-0.25, -0.2) is 4.98 Å². The van der Waals surface area contributed by atoms with Crippen LogP contribution in [-0.2, 0) is 12.8 Å². The number of nitrogens with zero attached hydrogens (tertiary/aromatic N) is 1. The van der Waals surface area contributed by atoms with E-state index >= 15 is 0 Å². The molecule has 2 heterocycles. The molecule has 1 aromatic carbocycles. The van der Waals surface area contributed by atoms with Crippen molar-refractivity contribution >= 4 is 33.7 Å². The minimum atomic E-state index is -0.0633. The van der Waals surface area contributed by atoms with Gasteiger partial charge in [0, 0.05) is 4.88 Å². The first-order valence-corrected chi connectivity index (χ1v) is 9.57. The number of methoxy groups -OCH3 is 1. The van der Waals surface area contributed by atoms with Gasteiger partial charge < -0.3 is 14.8 Å². The third kappa shape index (κ3) is 3.12. The van der Waals surface area contributed by atoms with Crippen molar-refractivity contribution in [3.05, 3.63) is 50.4 Å². The van der Waals surface area contributed by atoms with Crippen LogP contribution < -0.4 is 10.3 Å². The quantitative estimate of drug-likeness (QED) is 0.682. The van der Waals surface area contributed by atoms with E-state index in [1.54, 1.807) is 29.5 Å². The number of aromatic amines is 1. The fourth-order valence-electron chi connectivity index (χ4n) is 3.42. The third-order valence-electron chi connectivity index (χ3n) is 4.73. The molecule has 4 rings (SSSR count). The molecular formula is C20H20N2O3S. The van der Waals surface area contributed by atoms with Crippen molar-refractivity contribution < 1.29 is 9.84 Å². The highest BCUT2D eigenvalue weighted by Gasteiger charge is 2.18. The summed E-state index contributed by atoms with van der Waals surface area (Å²) >= 11 is 1.65. The first-order chi connectivity index (χ1) is 12.7. The maximum Gasteiger partial charge on any atom is 0.260 e. The molecule has 26 heavy (non-hydrogen) atoms. The number of nitrogens with one attached hydrogen (secondary N) is 1. The first-order valence-electron chi connectivity index (χ1n) is 8.75. The van der Waals surface area contributed by atoms with E-state index in [0.29, 0.717) is 11.6 Å². The van der Waals surface area contributed by atoms with Gasteiger partial charge in [-0.15, -0.1) is 11.3 Å². The van der Waals surface area contributed by atoms with E-state index in [9.17, 15) is 9.90 Å². The molecule has 2 N–H and O–H groups in total. The van der Waals surface area contributed by atoms with Crippen molar-refractivity contribution in [2.24, 2.45) is 0 Å². The largest absolute Gasteiger partial charge is 0.504 e. The Balaban J connectivity index is 1.69. The lowest BCUT2D eigenvalue weighted by Crippen LogP contribution is -2.10. The van der Waals surface area contributed by atoms with Crippen LogP contribution in [0.25, 0.3) is 22.4 Å². The zero-order valence-corrected chi connectivity index (χ0v) is 15.4. The number of H-pyrrole nitrogens is 1. The van der Waals surface area contributed by atoms with Crippen molar-refractivity contribution in [2.45, 2.75) is 32.1 Å².